The highest BCUT2D eigenvalue weighted by Gasteiger charge is 2.22. The van der Waals surface area contributed by atoms with Gasteiger partial charge in [-0.3, -0.25) is 4.79 Å². The molecule has 1 rings (SSSR count). The van der Waals surface area contributed by atoms with Crippen molar-refractivity contribution in [3.8, 4) is 0 Å². The second-order valence-electron chi connectivity index (χ2n) is 3.11. The summed E-state index contributed by atoms with van der Waals surface area (Å²) in [5.74, 6) is 0.0846. The van der Waals surface area contributed by atoms with Gasteiger partial charge in [0.1, 0.15) is 0 Å². The van der Waals surface area contributed by atoms with Crippen molar-refractivity contribution >= 4 is 21.8 Å². The van der Waals surface area contributed by atoms with E-state index in [-0.39, 0.29) is 5.91 Å². The van der Waals surface area contributed by atoms with E-state index in [0.29, 0.717) is 10.9 Å². The van der Waals surface area contributed by atoms with Crippen LogP contribution in [-0.4, -0.2) is 16.8 Å². The molecule has 0 aromatic rings. The minimum Gasteiger partial charge on any atom is -0.352 e. The van der Waals surface area contributed by atoms with Gasteiger partial charge in [0, 0.05) is 17.8 Å². The SMILES string of the molecule is CC(=O)N[C@@H]1CCCC[C@@H]1Br. The van der Waals surface area contributed by atoms with E-state index >= 15 is 0 Å². The molecular weight excluding hydrogens is 206 g/mol. The third kappa shape index (κ3) is 2.81. The van der Waals surface area contributed by atoms with Gasteiger partial charge in [0.15, 0.2) is 0 Å². The number of nitrogens with one attached hydrogen (secondary N) is 1. The Morgan fingerprint density at radius 1 is 1.45 bits per heavy atom. The number of hydrogen-bond acceptors (Lipinski definition) is 1. The molecule has 0 aliphatic heterocycles. The highest BCUT2D eigenvalue weighted by atomic mass is 79.9. The smallest absolute Gasteiger partial charge is 0.217 e. The van der Waals surface area contributed by atoms with Crippen molar-refractivity contribution in [1.82, 2.24) is 5.32 Å². The molecule has 0 unspecified atom stereocenters. The lowest BCUT2D eigenvalue weighted by atomic mass is 9.95. The normalized spacial score (nSPS) is 31.5. The van der Waals surface area contributed by atoms with Crippen LogP contribution in [0.25, 0.3) is 0 Å². The van der Waals surface area contributed by atoms with Gasteiger partial charge in [0.25, 0.3) is 0 Å². The van der Waals surface area contributed by atoms with Gasteiger partial charge >= 0.3 is 0 Å². The van der Waals surface area contributed by atoms with Crippen LogP contribution in [0.4, 0.5) is 0 Å². The molecule has 11 heavy (non-hydrogen) atoms. The lowest BCUT2D eigenvalue weighted by Gasteiger charge is -2.27. The van der Waals surface area contributed by atoms with Crippen LogP contribution in [0.15, 0.2) is 0 Å². The van der Waals surface area contributed by atoms with Crippen LogP contribution in [0.1, 0.15) is 32.6 Å². The molecule has 0 bridgehead atoms. The van der Waals surface area contributed by atoms with Crippen LogP contribution < -0.4 is 5.32 Å². The van der Waals surface area contributed by atoms with Crippen molar-refractivity contribution in [2.75, 3.05) is 0 Å². The zero-order valence-electron chi connectivity index (χ0n) is 6.77. The topological polar surface area (TPSA) is 29.1 Å². The van der Waals surface area contributed by atoms with Crippen LogP contribution >= 0.6 is 15.9 Å². The highest BCUT2D eigenvalue weighted by Crippen LogP contribution is 2.24. The van der Waals surface area contributed by atoms with Crippen LogP contribution in [-0.2, 0) is 4.79 Å². The highest BCUT2D eigenvalue weighted by molar-refractivity contribution is 9.09. The Balaban J connectivity index is 2.35. The van der Waals surface area contributed by atoms with Crippen LogP contribution in [0.2, 0.25) is 0 Å². The second kappa shape index (κ2) is 4.10. The molecule has 1 aliphatic carbocycles. The molecule has 0 saturated heterocycles. The Labute approximate surface area is 75.9 Å². The zero-order chi connectivity index (χ0) is 8.27. The number of carbonyl (C=O) groups excluding carboxylic acids is 1. The third-order valence-electron chi connectivity index (χ3n) is 2.07. The first-order chi connectivity index (χ1) is 5.20. The quantitative estimate of drug-likeness (QED) is 0.671. The van der Waals surface area contributed by atoms with E-state index in [1.807, 2.05) is 0 Å². The molecule has 1 fully saturated rings. The first-order valence-electron chi connectivity index (χ1n) is 4.11. The first kappa shape index (κ1) is 9.04. The number of rotatable bonds is 1. The molecule has 0 aromatic heterocycles. The minimum atomic E-state index is 0.0846. The molecule has 2 nitrogen and oxygen atoms in total. The molecule has 64 valence electrons. The predicted octanol–water partition coefficient (Wildman–Crippen LogP) is 1.83. The maximum Gasteiger partial charge on any atom is 0.217 e. The summed E-state index contributed by atoms with van der Waals surface area (Å²) in [4.78, 5) is 11.2. The molecule has 0 heterocycles. The van der Waals surface area contributed by atoms with Crippen LogP contribution in [0, 0.1) is 0 Å². The van der Waals surface area contributed by atoms with Gasteiger partial charge in [0.2, 0.25) is 5.91 Å². The number of hydrogen-bond donors (Lipinski definition) is 1. The second-order valence-corrected chi connectivity index (χ2v) is 4.28. The van der Waals surface area contributed by atoms with E-state index in [0.717, 1.165) is 6.42 Å². The van der Waals surface area contributed by atoms with Gasteiger partial charge in [-0.2, -0.15) is 0 Å². The Hall–Kier alpha value is -0.0500. The third-order valence-corrected chi connectivity index (χ3v) is 3.17. The van der Waals surface area contributed by atoms with Gasteiger partial charge in [-0.15, -0.1) is 0 Å². The van der Waals surface area contributed by atoms with E-state index in [9.17, 15) is 4.79 Å². The van der Waals surface area contributed by atoms with Crippen molar-refractivity contribution in [2.45, 2.75) is 43.5 Å². The van der Waals surface area contributed by atoms with Crippen molar-refractivity contribution in [1.29, 1.82) is 0 Å². The van der Waals surface area contributed by atoms with Crippen molar-refractivity contribution < 1.29 is 4.79 Å². The minimum absolute atomic E-state index is 0.0846. The molecule has 0 radical (unpaired) electrons. The molecule has 2 atom stereocenters. The Kier molecular flexibility index (Phi) is 3.37. The summed E-state index contributed by atoms with van der Waals surface area (Å²) in [5, 5.41) is 2.95. The van der Waals surface area contributed by atoms with E-state index in [2.05, 4.69) is 21.2 Å². The summed E-state index contributed by atoms with van der Waals surface area (Å²) in [7, 11) is 0. The molecular formula is C8H14BrNO. The fourth-order valence-corrected chi connectivity index (χ4v) is 2.23. The van der Waals surface area contributed by atoms with E-state index in [1.165, 1.54) is 19.3 Å². The van der Waals surface area contributed by atoms with Crippen molar-refractivity contribution in [3.05, 3.63) is 0 Å². The Morgan fingerprint density at radius 3 is 2.64 bits per heavy atom. The summed E-state index contributed by atoms with van der Waals surface area (Å²) < 4.78 is 0. The number of alkyl halides is 1. The van der Waals surface area contributed by atoms with Gasteiger partial charge in [0.05, 0.1) is 0 Å². The molecule has 1 N–H and O–H groups in total. The number of amides is 1. The standard InChI is InChI=1S/C8H14BrNO/c1-6(11)10-8-5-3-2-4-7(8)9/h7-8H,2-5H2,1H3,(H,10,11)/t7-,8+/m0/s1. The maximum atomic E-state index is 10.7. The predicted molar refractivity (Wildman–Crippen MR) is 48.8 cm³/mol. The Bertz CT molecular complexity index is 149. The van der Waals surface area contributed by atoms with Crippen molar-refractivity contribution in [3.63, 3.8) is 0 Å². The van der Waals surface area contributed by atoms with Crippen LogP contribution in [0.3, 0.4) is 0 Å². The average Bonchev–Trinajstić information content (AvgIpc) is 1.93. The summed E-state index contributed by atoms with van der Waals surface area (Å²) in [6.07, 6.45) is 4.83. The monoisotopic (exact) mass is 219 g/mol. The number of halogens is 1. The molecule has 0 aromatic carbocycles. The van der Waals surface area contributed by atoms with Gasteiger partial charge < -0.3 is 5.32 Å². The molecule has 1 amide bonds. The van der Waals surface area contributed by atoms with Crippen LogP contribution in [0.5, 0.6) is 0 Å². The molecule has 0 spiro atoms. The molecule has 1 saturated carbocycles. The summed E-state index contributed by atoms with van der Waals surface area (Å²) in [6, 6.07) is 0.362. The fourth-order valence-electron chi connectivity index (χ4n) is 1.51. The number of carbonyl (C=O) groups is 1. The summed E-state index contributed by atoms with van der Waals surface area (Å²) >= 11 is 3.57. The van der Waals surface area contributed by atoms with Crippen molar-refractivity contribution in [2.24, 2.45) is 0 Å². The molecule has 3 heteroatoms. The maximum absolute atomic E-state index is 10.7. The van der Waals surface area contributed by atoms with E-state index < -0.39 is 0 Å². The van der Waals surface area contributed by atoms with Gasteiger partial charge in [-0.1, -0.05) is 28.8 Å². The average molecular weight is 220 g/mol. The van der Waals surface area contributed by atoms with Gasteiger partial charge in [-0.25, -0.2) is 0 Å². The van der Waals surface area contributed by atoms with Gasteiger partial charge in [-0.05, 0) is 12.8 Å². The largest absolute Gasteiger partial charge is 0.352 e. The fraction of sp³-hybridized carbons (Fsp3) is 0.875. The summed E-state index contributed by atoms with van der Waals surface area (Å²) in [6.45, 7) is 1.58. The van der Waals surface area contributed by atoms with E-state index in [1.54, 1.807) is 6.92 Å². The molecule has 1 aliphatic rings. The zero-order valence-corrected chi connectivity index (χ0v) is 8.36. The first-order valence-corrected chi connectivity index (χ1v) is 5.03. The lowest BCUT2D eigenvalue weighted by molar-refractivity contribution is -0.119. The van der Waals surface area contributed by atoms with E-state index in [4.69, 9.17) is 0 Å². The summed E-state index contributed by atoms with van der Waals surface area (Å²) in [5.41, 5.74) is 0. The Morgan fingerprint density at radius 2 is 2.09 bits per heavy atom. The lowest BCUT2D eigenvalue weighted by Crippen LogP contribution is -2.41.